The topological polar surface area (TPSA) is 200 Å². The molecule has 186 valence electrons. The fraction of sp³-hybridized carbons (Fsp3) is 0.211. The lowest BCUT2D eigenvalue weighted by atomic mass is 9.98. The number of amides is 2. The van der Waals surface area contributed by atoms with Crippen LogP contribution in [0.1, 0.15) is 12.1 Å². The van der Waals surface area contributed by atoms with Gasteiger partial charge in [-0.25, -0.2) is 9.78 Å². The third-order valence-electron chi connectivity index (χ3n) is 5.30. The first-order valence-electron chi connectivity index (χ1n) is 10.1. The molecule has 6 N–H and O–H groups in total. The fourth-order valence-corrected chi connectivity index (χ4v) is 7.81. The number of thiazole rings is 1. The first-order chi connectivity index (χ1) is 17.3. The lowest BCUT2D eigenvalue weighted by Gasteiger charge is -2.51. The van der Waals surface area contributed by atoms with Crippen LogP contribution in [0.3, 0.4) is 0 Å². The summed E-state index contributed by atoms with van der Waals surface area (Å²) in [4.78, 5) is 45.5. The summed E-state index contributed by atoms with van der Waals surface area (Å²) in [5.41, 5.74) is 6.10. The summed E-state index contributed by atoms with van der Waals surface area (Å²) in [5.74, 6) is -1.91. The molecule has 17 heteroatoms. The maximum atomic E-state index is 12.6. The van der Waals surface area contributed by atoms with E-state index < -0.39 is 22.1 Å². The molecule has 0 spiro atoms. The smallest absolute Gasteiger partial charge is 0.352 e. The van der Waals surface area contributed by atoms with E-state index in [0.29, 0.717) is 22.9 Å². The number of carbonyl (C=O) groups is 3. The molecule has 2 atom stereocenters. The Morgan fingerprint density at radius 1 is 1.42 bits per heavy atom. The summed E-state index contributed by atoms with van der Waals surface area (Å²) < 4.78 is 0. The molecule has 0 radical (unpaired) electrons. The molecule has 1 unspecified atom stereocenters. The van der Waals surface area contributed by atoms with Gasteiger partial charge in [-0.1, -0.05) is 34.7 Å². The molecule has 2 aliphatic heterocycles. The van der Waals surface area contributed by atoms with Gasteiger partial charge in [0.15, 0.2) is 21.0 Å². The summed E-state index contributed by atoms with van der Waals surface area (Å²) in [6, 6.07) is 3.76. The Balaban J connectivity index is 1.60. The standard InChI is InChI=1S/C19H16N8O5S4/c20-17-22-10(7-34-17)19(24-11(28)5-21-32)8(14(16(30)31)27-12(29)4-13(27)36-19)6-35-18-23-15(25-26-18)9-2-1-3-33-9/h1-3,5,7,13,32H,4,6H2,(H2,20,22)(H,24,28)(H,30,31)(H,23,25,26)/t13-,19?/m0/s1. The number of oxime groups is 1. The minimum atomic E-state index is -1.51. The zero-order chi connectivity index (χ0) is 25.4. The van der Waals surface area contributed by atoms with Gasteiger partial charge < -0.3 is 26.3 Å². The van der Waals surface area contributed by atoms with Crippen LogP contribution >= 0.6 is 46.2 Å². The maximum absolute atomic E-state index is 12.6. The van der Waals surface area contributed by atoms with Crippen molar-refractivity contribution in [1.29, 1.82) is 0 Å². The number of thiophene rings is 1. The first-order valence-corrected chi connectivity index (χ1v) is 13.7. The number of fused-ring (bicyclic) bond motifs is 1. The number of thioether (sulfide) groups is 2. The van der Waals surface area contributed by atoms with Gasteiger partial charge in [-0.2, -0.15) is 0 Å². The van der Waals surface area contributed by atoms with E-state index in [1.807, 2.05) is 17.5 Å². The van der Waals surface area contributed by atoms with E-state index >= 15 is 0 Å². The van der Waals surface area contributed by atoms with Gasteiger partial charge in [0.25, 0.3) is 5.91 Å². The normalized spacial score (nSPS) is 21.5. The van der Waals surface area contributed by atoms with Crippen LogP contribution in [0, 0.1) is 0 Å². The molecule has 0 aromatic carbocycles. The number of aliphatic carboxylic acids is 1. The molecule has 2 amide bonds. The Kier molecular flexibility index (Phi) is 6.45. The molecule has 0 bridgehead atoms. The Morgan fingerprint density at radius 2 is 2.25 bits per heavy atom. The summed E-state index contributed by atoms with van der Waals surface area (Å²) >= 11 is 4.91. The van der Waals surface area contributed by atoms with Crippen molar-refractivity contribution in [1.82, 2.24) is 30.4 Å². The largest absolute Gasteiger partial charge is 0.477 e. The minimum Gasteiger partial charge on any atom is -0.477 e. The van der Waals surface area contributed by atoms with Gasteiger partial charge in [-0.15, -0.1) is 32.9 Å². The van der Waals surface area contributed by atoms with E-state index in [2.05, 4.69) is 30.6 Å². The van der Waals surface area contributed by atoms with Crippen molar-refractivity contribution in [3.05, 3.63) is 39.9 Å². The van der Waals surface area contributed by atoms with Crippen LogP contribution in [-0.2, 0) is 19.3 Å². The molecule has 1 fully saturated rings. The SMILES string of the molecule is Nc1nc(C2(NC(=O)C=NO)S[C@H]3CC(=O)N3C(C(=O)O)=C2CSc2nnc(-c3cccs3)[nH]2)cs1. The number of nitrogen functional groups attached to an aromatic ring is 1. The summed E-state index contributed by atoms with van der Waals surface area (Å²) in [6.45, 7) is 0. The van der Waals surface area contributed by atoms with E-state index in [9.17, 15) is 19.5 Å². The van der Waals surface area contributed by atoms with Gasteiger partial charge in [0.1, 0.15) is 11.9 Å². The summed E-state index contributed by atoms with van der Waals surface area (Å²) in [6.07, 6.45) is 0.741. The number of carboxylic acid groups (broad SMARTS) is 1. The van der Waals surface area contributed by atoms with Crippen molar-refractivity contribution in [2.45, 2.75) is 21.8 Å². The van der Waals surface area contributed by atoms with Gasteiger partial charge in [-0.05, 0) is 11.4 Å². The number of nitrogens with two attached hydrogens (primary N) is 1. The first kappa shape index (κ1) is 24.3. The third-order valence-corrected chi connectivity index (χ3v) is 9.31. The second-order valence-electron chi connectivity index (χ2n) is 7.40. The van der Waals surface area contributed by atoms with Crippen LogP contribution < -0.4 is 11.1 Å². The Morgan fingerprint density at radius 3 is 2.89 bits per heavy atom. The molecule has 3 aromatic heterocycles. The van der Waals surface area contributed by atoms with Gasteiger partial charge in [0.2, 0.25) is 5.91 Å². The highest BCUT2D eigenvalue weighted by Gasteiger charge is 2.56. The molecule has 0 aliphatic carbocycles. The average molecular weight is 565 g/mol. The number of β-lactam (4-membered cyclic amide) rings is 1. The molecule has 0 saturated carbocycles. The molecular formula is C19H16N8O5S4. The molecule has 5 rings (SSSR count). The number of aromatic nitrogens is 4. The monoisotopic (exact) mass is 564 g/mol. The van der Waals surface area contributed by atoms with Gasteiger partial charge in [-0.3, -0.25) is 14.5 Å². The lowest BCUT2D eigenvalue weighted by Crippen LogP contribution is -2.61. The lowest BCUT2D eigenvalue weighted by molar-refractivity contribution is -0.146. The molecule has 36 heavy (non-hydrogen) atoms. The highest BCUT2D eigenvalue weighted by atomic mass is 32.2. The number of anilines is 1. The number of hydrogen-bond acceptors (Lipinski definition) is 13. The predicted molar refractivity (Wildman–Crippen MR) is 135 cm³/mol. The zero-order valence-electron chi connectivity index (χ0n) is 17.9. The van der Waals surface area contributed by atoms with E-state index in [1.165, 1.54) is 16.2 Å². The number of H-pyrrole nitrogens is 1. The third kappa shape index (κ3) is 4.23. The minimum absolute atomic E-state index is 0.00180. The number of hydrogen-bond donors (Lipinski definition) is 5. The van der Waals surface area contributed by atoms with Crippen molar-refractivity contribution in [3.63, 3.8) is 0 Å². The molecule has 1 saturated heterocycles. The van der Waals surface area contributed by atoms with Crippen LogP contribution in [-0.4, -0.2) is 70.5 Å². The van der Waals surface area contributed by atoms with Crippen molar-refractivity contribution >= 4 is 75.3 Å². The molecule has 13 nitrogen and oxygen atoms in total. The van der Waals surface area contributed by atoms with Crippen LogP contribution in [0.4, 0.5) is 5.13 Å². The van der Waals surface area contributed by atoms with Gasteiger partial charge in [0, 0.05) is 16.7 Å². The van der Waals surface area contributed by atoms with E-state index in [0.717, 1.165) is 39.7 Å². The Hall–Kier alpha value is -3.41. The van der Waals surface area contributed by atoms with Crippen LogP contribution in [0.5, 0.6) is 0 Å². The number of carboxylic acids is 1. The fourth-order valence-electron chi connectivity index (χ4n) is 3.81. The van der Waals surface area contributed by atoms with E-state index in [1.54, 1.807) is 5.38 Å². The van der Waals surface area contributed by atoms with Crippen molar-refractivity contribution in [2.75, 3.05) is 11.5 Å². The Labute approximate surface area is 218 Å². The molecule has 2 aliphatic rings. The number of carbonyl (C=O) groups excluding carboxylic acids is 2. The number of aromatic amines is 1. The highest BCUT2D eigenvalue weighted by Crippen LogP contribution is 2.55. The molecular weight excluding hydrogens is 549 g/mol. The number of rotatable bonds is 8. The molecule has 3 aromatic rings. The predicted octanol–water partition coefficient (Wildman–Crippen LogP) is 1.74. The van der Waals surface area contributed by atoms with Crippen LogP contribution in [0.2, 0.25) is 0 Å². The zero-order valence-corrected chi connectivity index (χ0v) is 21.2. The van der Waals surface area contributed by atoms with Gasteiger partial charge in [0.05, 0.1) is 22.4 Å². The highest BCUT2D eigenvalue weighted by molar-refractivity contribution is 8.01. The van der Waals surface area contributed by atoms with Crippen molar-refractivity contribution in [2.24, 2.45) is 5.16 Å². The van der Waals surface area contributed by atoms with E-state index in [4.69, 9.17) is 10.9 Å². The van der Waals surface area contributed by atoms with Crippen molar-refractivity contribution in [3.8, 4) is 10.7 Å². The van der Waals surface area contributed by atoms with Crippen LogP contribution in [0.25, 0.3) is 10.7 Å². The van der Waals surface area contributed by atoms with Crippen molar-refractivity contribution < 1.29 is 24.7 Å². The number of nitrogens with zero attached hydrogens (tertiary/aromatic N) is 5. The molecule has 5 heterocycles. The summed E-state index contributed by atoms with van der Waals surface area (Å²) in [5, 5.41) is 36.4. The quantitative estimate of drug-likeness (QED) is 0.0877. The second-order valence-corrected chi connectivity index (χ2v) is 11.6. The second kappa shape index (κ2) is 9.57. The summed E-state index contributed by atoms with van der Waals surface area (Å²) in [7, 11) is 0. The Bertz CT molecular complexity index is 1400. The number of nitrogens with one attached hydrogen (secondary N) is 2. The average Bonchev–Trinajstić information content (AvgIpc) is 3.59. The van der Waals surface area contributed by atoms with Crippen LogP contribution in [0.15, 0.2) is 44.5 Å². The van der Waals surface area contributed by atoms with E-state index in [-0.39, 0.29) is 34.5 Å². The maximum Gasteiger partial charge on any atom is 0.352 e. The van der Waals surface area contributed by atoms with Gasteiger partial charge >= 0.3 is 5.97 Å².